The first-order valence-electron chi connectivity index (χ1n) is 9.30. The summed E-state index contributed by atoms with van der Waals surface area (Å²) >= 11 is 2.26. The molecule has 0 saturated heterocycles. The average molecular weight is 514 g/mol. The zero-order valence-corrected chi connectivity index (χ0v) is 18.4. The maximum Gasteiger partial charge on any atom is 0.231 e. The van der Waals surface area contributed by atoms with Crippen LogP contribution in [-0.4, -0.2) is 19.7 Å². The molecule has 0 aliphatic carbocycles. The highest BCUT2D eigenvalue weighted by atomic mass is 127. The summed E-state index contributed by atoms with van der Waals surface area (Å²) in [5, 5.41) is 0. The second-order valence-corrected chi connectivity index (χ2v) is 7.83. The minimum Gasteiger partial charge on any atom is -0.496 e. The summed E-state index contributed by atoms with van der Waals surface area (Å²) in [7, 11) is 1.63. The van der Waals surface area contributed by atoms with E-state index in [4.69, 9.17) is 18.9 Å². The van der Waals surface area contributed by atoms with E-state index in [0.717, 1.165) is 26.2 Å². The molecule has 6 heteroatoms. The summed E-state index contributed by atoms with van der Waals surface area (Å²) in [6.45, 7) is 0.545. The van der Waals surface area contributed by atoms with Crippen LogP contribution >= 0.6 is 22.6 Å². The standard InChI is InChI=1S/C24H19IO5/c1-27-22-10-3-16(12-18(22)14-28-20-7-5-19(25)6-8-20)2-9-21(26)17-4-11-23-24(13-17)30-15-29-23/h2-13H,14-15H2,1H3/b9-2+. The van der Waals surface area contributed by atoms with Gasteiger partial charge in [0, 0.05) is 14.7 Å². The molecule has 0 aromatic heterocycles. The Morgan fingerprint density at radius 1 is 1.03 bits per heavy atom. The lowest BCUT2D eigenvalue weighted by Crippen LogP contribution is -1.99. The molecule has 0 unspecified atom stereocenters. The quantitative estimate of drug-likeness (QED) is 0.237. The van der Waals surface area contributed by atoms with Crippen molar-refractivity contribution in [3.05, 3.63) is 87.0 Å². The highest BCUT2D eigenvalue weighted by Crippen LogP contribution is 2.32. The number of ketones is 1. The Bertz CT molecular complexity index is 1090. The van der Waals surface area contributed by atoms with Gasteiger partial charge in [0.2, 0.25) is 6.79 Å². The number of methoxy groups -OCH3 is 1. The summed E-state index contributed by atoms with van der Waals surface area (Å²) in [5.41, 5.74) is 2.33. The van der Waals surface area contributed by atoms with Crippen molar-refractivity contribution in [3.63, 3.8) is 0 Å². The molecule has 0 amide bonds. The fraction of sp³-hybridized carbons (Fsp3) is 0.125. The van der Waals surface area contributed by atoms with Gasteiger partial charge in [-0.05, 0) is 88.8 Å². The van der Waals surface area contributed by atoms with Gasteiger partial charge in [0.15, 0.2) is 17.3 Å². The number of rotatable bonds is 7. The molecule has 0 spiro atoms. The summed E-state index contributed by atoms with van der Waals surface area (Å²) in [6, 6.07) is 18.8. The van der Waals surface area contributed by atoms with Gasteiger partial charge in [0.25, 0.3) is 0 Å². The normalized spacial score (nSPS) is 12.2. The minimum atomic E-state index is -0.110. The molecule has 3 aromatic carbocycles. The number of carbonyl (C=O) groups excluding carboxylic acids is 1. The third-order valence-electron chi connectivity index (χ3n) is 4.60. The van der Waals surface area contributed by atoms with Crippen molar-refractivity contribution in [1.29, 1.82) is 0 Å². The molecule has 1 aliphatic rings. The van der Waals surface area contributed by atoms with E-state index in [0.29, 0.717) is 23.7 Å². The van der Waals surface area contributed by atoms with Gasteiger partial charge in [-0.1, -0.05) is 12.1 Å². The first kappa shape index (κ1) is 20.3. The molecule has 0 fully saturated rings. The van der Waals surface area contributed by atoms with Crippen LogP contribution in [0.3, 0.4) is 0 Å². The topological polar surface area (TPSA) is 54.0 Å². The zero-order chi connectivity index (χ0) is 20.9. The minimum absolute atomic E-state index is 0.110. The van der Waals surface area contributed by atoms with Gasteiger partial charge in [-0.25, -0.2) is 0 Å². The van der Waals surface area contributed by atoms with Crippen LogP contribution in [0.2, 0.25) is 0 Å². The maximum absolute atomic E-state index is 12.5. The van der Waals surface area contributed by atoms with Crippen LogP contribution in [0, 0.1) is 3.57 Å². The van der Waals surface area contributed by atoms with Crippen molar-refractivity contribution in [2.75, 3.05) is 13.9 Å². The van der Waals surface area contributed by atoms with E-state index in [1.807, 2.05) is 42.5 Å². The third kappa shape index (κ3) is 4.76. The maximum atomic E-state index is 12.5. The van der Waals surface area contributed by atoms with Crippen molar-refractivity contribution >= 4 is 34.5 Å². The third-order valence-corrected chi connectivity index (χ3v) is 5.32. The lowest BCUT2D eigenvalue weighted by molar-refractivity contribution is 0.104. The van der Waals surface area contributed by atoms with E-state index >= 15 is 0 Å². The fourth-order valence-corrected chi connectivity index (χ4v) is 3.38. The van der Waals surface area contributed by atoms with Crippen molar-refractivity contribution in [3.8, 4) is 23.0 Å². The van der Waals surface area contributed by atoms with Crippen LogP contribution in [0.25, 0.3) is 6.08 Å². The van der Waals surface area contributed by atoms with Gasteiger partial charge < -0.3 is 18.9 Å². The number of halogens is 1. The van der Waals surface area contributed by atoms with Crippen LogP contribution in [0.4, 0.5) is 0 Å². The van der Waals surface area contributed by atoms with E-state index < -0.39 is 0 Å². The Morgan fingerprint density at radius 2 is 1.83 bits per heavy atom. The van der Waals surface area contributed by atoms with Gasteiger partial charge >= 0.3 is 0 Å². The molecule has 5 nitrogen and oxygen atoms in total. The number of fused-ring (bicyclic) bond motifs is 1. The first-order chi connectivity index (χ1) is 14.6. The molecule has 4 rings (SSSR count). The molecule has 30 heavy (non-hydrogen) atoms. The Morgan fingerprint density at radius 3 is 2.63 bits per heavy atom. The predicted octanol–water partition coefficient (Wildman–Crippen LogP) is 5.50. The van der Waals surface area contributed by atoms with Crippen molar-refractivity contribution in [1.82, 2.24) is 0 Å². The second-order valence-electron chi connectivity index (χ2n) is 6.58. The second kappa shape index (κ2) is 9.21. The predicted molar refractivity (Wildman–Crippen MR) is 122 cm³/mol. The molecule has 1 heterocycles. The molecular formula is C24H19IO5. The van der Waals surface area contributed by atoms with Gasteiger partial charge in [0.05, 0.1) is 7.11 Å². The monoisotopic (exact) mass is 514 g/mol. The molecule has 0 N–H and O–H groups in total. The molecule has 3 aromatic rings. The highest BCUT2D eigenvalue weighted by molar-refractivity contribution is 14.1. The van der Waals surface area contributed by atoms with E-state index in [1.54, 1.807) is 37.5 Å². The largest absolute Gasteiger partial charge is 0.496 e. The summed E-state index contributed by atoms with van der Waals surface area (Å²) in [4.78, 5) is 12.5. The summed E-state index contributed by atoms with van der Waals surface area (Å²) in [6.07, 6.45) is 3.32. The number of benzene rings is 3. The first-order valence-corrected chi connectivity index (χ1v) is 10.4. The summed E-state index contributed by atoms with van der Waals surface area (Å²) in [5.74, 6) is 2.66. The van der Waals surface area contributed by atoms with Crippen LogP contribution in [0.1, 0.15) is 21.5 Å². The lowest BCUT2D eigenvalue weighted by atomic mass is 10.1. The SMILES string of the molecule is COc1ccc(/C=C/C(=O)c2ccc3c(c2)OCO3)cc1COc1ccc(I)cc1. The number of hydrogen-bond acceptors (Lipinski definition) is 5. The number of carbonyl (C=O) groups is 1. The Balaban J connectivity index is 1.47. The lowest BCUT2D eigenvalue weighted by Gasteiger charge is -2.11. The number of ether oxygens (including phenoxy) is 4. The van der Waals surface area contributed by atoms with Crippen LogP contribution in [0.5, 0.6) is 23.0 Å². The van der Waals surface area contributed by atoms with E-state index in [1.165, 1.54) is 0 Å². The highest BCUT2D eigenvalue weighted by Gasteiger charge is 2.15. The molecule has 0 radical (unpaired) electrons. The Labute approximate surface area is 188 Å². The van der Waals surface area contributed by atoms with E-state index in [2.05, 4.69) is 22.6 Å². The fourth-order valence-electron chi connectivity index (χ4n) is 3.02. The van der Waals surface area contributed by atoms with Crippen molar-refractivity contribution in [2.24, 2.45) is 0 Å². The smallest absolute Gasteiger partial charge is 0.231 e. The van der Waals surface area contributed by atoms with Gasteiger partial charge in [-0.2, -0.15) is 0 Å². The van der Waals surface area contributed by atoms with Crippen LogP contribution in [-0.2, 0) is 6.61 Å². The van der Waals surface area contributed by atoms with Crippen LogP contribution in [0.15, 0.2) is 66.7 Å². The van der Waals surface area contributed by atoms with Gasteiger partial charge in [-0.15, -0.1) is 0 Å². The molecule has 0 atom stereocenters. The Kier molecular flexibility index (Phi) is 6.23. The van der Waals surface area contributed by atoms with E-state index in [-0.39, 0.29) is 12.6 Å². The number of hydrogen-bond donors (Lipinski definition) is 0. The zero-order valence-electron chi connectivity index (χ0n) is 16.3. The Hall–Kier alpha value is -3.00. The molecule has 1 aliphatic heterocycles. The van der Waals surface area contributed by atoms with Crippen molar-refractivity contribution < 1.29 is 23.7 Å². The molecule has 152 valence electrons. The molecule has 0 saturated carbocycles. The van der Waals surface area contributed by atoms with Gasteiger partial charge in [0.1, 0.15) is 18.1 Å². The van der Waals surface area contributed by atoms with E-state index in [9.17, 15) is 4.79 Å². The number of allylic oxidation sites excluding steroid dienone is 1. The van der Waals surface area contributed by atoms with Gasteiger partial charge in [-0.3, -0.25) is 4.79 Å². The van der Waals surface area contributed by atoms with Crippen molar-refractivity contribution in [2.45, 2.75) is 6.61 Å². The average Bonchev–Trinajstić information content (AvgIpc) is 3.25. The summed E-state index contributed by atoms with van der Waals surface area (Å²) < 4.78 is 23.1. The molecule has 0 bridgehead atoms. The molecular weight excluding hydrogens is 495 g/mol. The van der Waals surface area contributed by atoms with Crippen LogP contribution < -0.4 is 18.9 Å².